The smallest absolute Gasteiger partial charge is 0.245 e. The van der Waals surface area contributed by atoms with Crippen molar-refractivity contribution in [2.75, 3.05) is 19.4 Å². The fraction of sp³-hybridized carbons (Fsp3) is 0.905. The van der Waals surface area contributed by atoms with Crippen LogP contribution in [0.5, 0.6) is 0 Å². The van der Waals surface area contributed by atoms with Crippen LogP contribution in [0.25, 0.3) is 0 Å². The van der Waals surface area contributed by atoms with E-state index in [1.54, 1.807) is 4.90 Å². The lowest BCUT2D eigenvalue weighted by Gasteiger charge is -2.43. The summed E-state index contributed by atoms with van der Waals surface area (Å²) >= 11 is 0. The zero-order valence-corrected chi connectivity index (χ0v) is 19.2. The molecule has 1 saturated carbocycles. The summed E-state index contributed by atoms with van der Waals surface area (Å²) in [4.78, 5) is 26.4. The fourth-order valence-corrected chi connectivity index (χ4v) is 5.93. The second-order valence-corrected chi connectivity index (χ2v) is 11.3. The first-order valence-electron chi connectivity index (χ1n) is 11.3. The van der Waals surface area contributed by atoms with Crippen molar-refractivity contribution in [1.82, 2.24) is 14.9 Å². The Kier molecular flexibility index (Phi) is 7.79. The number of amides is 2. The molecule has 3 rings (SSSR count). The Morgan fingerprint density at radius 3 is 2.47 bits per heavy atom. The molecule has 0 aromatic rings. The highest BCUT2D eigenvalue weighted by Gasteiger charge is 2.40. The van der Waals surface area contributed by atoms with Crippen LogP contribution in [-0.2, 0) is 24.3 Å². The van der Waals surface area contributed by atoms with Gasteiger partial charge in [0.25, 0.3) is 0 Å². The number of hydrogen-bond acceptors (Lipinski definition) is 5. The Morgan fingerprint density at radius 1 is 1.20 bits per heavy atom. The van der Waals surface area contributed by atoms with E-state index in [-0.39, 0.29) is 30.0 Å². The molecule has 3 aliphatic rings. The van der Waals surface area contributed by atoms with Crippen LogP contribution in [-0.4, -0.2) is 68.8 Å². The van der Waals surface area contributed by atoms with Crippen LogP contribution < -0.4 is 10.0 Å². The number of rotatable bonds is 7. The van der Waals surface area contributed by atoms with Gasteiger partial charge in [-0.2, -0.15) is 0 Å². The van der Waals surface area contributed by atoms with E-state index < -0.39 is 16.1 Å². The number of piperidine rings is 1. The molecule has 0 bridgehead atoms. The normalized spacial score (nSPS) is 33.0. The minimum atomic E-state index is -3.41. The zero-order valence-electron chi connectivity index (χ0n) is 18.4. The van der Waals surface area contributed by atoms with Gasteiger partial charge >= 0.3 is 0 Å². The first-order valence-corrected chi connectivity index (χ1v) is 13.2. The topological polar surface area (TPSA) is 105 Å². The van der Waals surface area contributed by atoms with E-state index in [1.165, 1.54) is 0 Å². The third kappa shape index (κ3) is 6.17. The molecule has 0 radical (unpaired) electrons. The number of nitrogens with one attached hydrogen (secondary N) is 2. The van der Waals surface area contributed by atoms with E-state index in [1.807, 2.05) is 0 Å². The molecule has 1 aliphatic carbocycles. The van der Waals surface area contributed by atoms with Crippen molar-refractivity contribution in [1.29, 1.82) is 0 Å². The summed E-state index contributed by atoms with van der Waals surface area (Å²) in [6, 6.07) is -1.25. The van der Waals surface area contributed by atoms with Gasteiger partial charge in [-0.3, -0.25) is 9.59 Å². The average molecular weight is 444 g/mol. The van der Waals surface area contributed by atoms with Crippen molar-refractivity contribution >= 4 is 21.8 Å². The van der Waals surface area contributed by atoms with Gasteiger partial charge in [0, 0.05) is 19.0 Å². The SMILES string of the molecule is CC(C)[C@H]1CC[C@@H](OC[C@H]2[C@@H](NS(C)(=O)=O)CCCN2C(=O)C2CCC(=O)N2)CC1. The molecule has 0 aromatic heterocycles. The number of nitrogens with zero attached hydrogens (tertiary/aromatic N) is 1. The maximum absolute atomic E-state index is 13.1. The monoisotopic (exact) mass is 443 g/mol. The van der Waals surface area contributed by atoms with Crippen LogP contribution in [0.3, 0.4) is 0 Å². The van der Waals surface area contributed by atoms with Crippen molar-refractivity contribution in [2.24, 2.45) is 11.8 Å². The first kappa shape index (κ1) is 23.5. The third-order valence-electron chi connectivity index (χ3n) is 6.89. The number of hydrogen-bond donors (Lipinski definition) is 2. The predicted molar refractivity (Wildman–Crippen MR) is 114 cm³/mol. The summed E-state index contributed by atoms with van der Waals surface area (Å²) in [6.45, 7) is 5.40. The lowest BCUT2D eigenvalue weighted by atomic mass is 9.80. The molecule has 172 valence electrons. The van der Waals surface area contributed by atoms with Crippen LogP contribution >= 0.6 is 0 Å². The number of carbonyl (C=O) groups is 2. The molecule has 8 nitrogen and oxygen atoms in total. The lowest BCUT2D eigenvalue weighted by Crippen LogP contribution is -2.61. The number of carbonyl (C=O) groups excluding carboxylic acids is 2. The van der Waals surface area contributed by atoms with Gasteiger partial charge in [-0.1, -0.05) is 13.8 Å². The van der Waals surface area contributed by atoms with Gasteiger partial charge in [0.2, 0.25) is 21.8 Å². The summed E-state index contributed by atoms with van der Waals surface area (Å²) in [5, 5.41) is 2.75. The van der Waals surface area contributed by atoms with Gasteiger partial charge in [0.05, 0.1) is 25.0 Å². The molecule has 3 atom stereocenters. The molecule has 9 heteroatoms. The van der Waals surface area contributed by atoms with E-state index in [0.717, 1.165) is 44.3 Å². The maximum Gasteiger partial charge on any atom is 0.245 e. The summed E-state index contributed by atoms with van der Waals surface area (Å²) < 4.78 is 32.8. The second-order valence-electron chi connectivity index (χ2n) is 9.51. The minimum absolute atomic E-state index is 0.106. The maximum atomic E-state index is 13.1. The fourth-order valence-electron chi connectivity index (χ4n) is 5.11. The summed E-state index contributed by atoms with van der Waals surface area (Å²) in [7, 11) is -3.41. The Balaban J connectivity index is 1.66. The van der Waals surface area contributed by atoms with Crippen LogP contribution in [0.1, 0.15) is 65.2 Å². The van der Waals surface area contributed by atoms with E-state index in [9.17, 15) is 18.0 Å². The molecule has 2 amide bonds. The van der Waals surface area contributed by atoms with Gasteiger partial charge < -0.3 is 15.0 Å². The minimum Gasteiger partial charge on any atom is -0.376 e. The molecular formula is C21H37N3O5S. The molecule has 2 heterocycles. The molecule has 2 aliphatic heterocycles. The van der Waals surface area contributed by atoms with Crippen LogP contribution in [0, 0.1) is 11.8 Å². The molecule has 30 heavy (non-hydrogen) atoms. The summed E-state index contributed by atoms with van der Waals surface area (Å²) in [5.74, 6) is 1.19. The Bertz CT molecular complexity index is 718. The molecule has 1 unspecified atom stereocenters. The second kappa shape index (κ2) is 9.96. The third-order valence-corrected chi connectivity index (χ3v) is 7.62. The molecular weight excluding hydrogens is 406 g/mol. The summed E-state index contributed by atoms with van der Waals surface area (Å²) in [5.41, 5.74) is 0. The molecule has 0 spiro atoms. The van der Waals surface area contributed by atoms with Crippen molar-refractivity contribution in [3.8, 4) is 0 Å². The standard InChI is InChI=1S/C21H37N3O5S/c1-14(2)15-6-8-16(9-7-15)29-13-19-17(23-30(3,27)28)5-4-12-24(19)21(26)18-10-11-20(25)22-18/h14-19,23H,4-13H2,1-3H3,(H,22,25)/t15-,16+,17-,18?,19-/m0/s1. The number of ether oxygens (including phenoxy) is 1. The quantitative estimate of drug-likeness (QED) is 0.619. The summed E-state index contributed by atoms with van der Waals surface area (Å²) in [6.07, 6.45) is 7.85. The van der Waals surface area contributed by atoms with Gasteiger partial charge in [0.1, 0.15) is 6.04 Å². The molecule has 0 aromatic carbocycles. The largest absolute Gasteiger partial charge is 0.376 e. The van der Waals surface area contributed by atoms with E-state index in [4.69, 9.17) is 4.74 Å². The Hall–Kier alpha value is -1.19. The average Bonchev–Trinajstić information content (AvgIpc) is 3.11. The molecule has 3 fully saturated rings. The van der Waals surface area contributed by atoms with Crippen LogP contribution in [0.4, 0.5) is 0 Å². The highest BCUT2D eigenvalue weighted by atomic mass is 32.2. The molecule has 2 saturated heterocycles. The number of sulfonamides is 1. The van der Waals surface area contributed by atoms with Gasteiger partial charge in [-0.05, 0) is 56.8 Å². The van der Waals surface area contributed by atoms with Crippen molar-refractivity contribution in [3.63, 3.8) is 0 Å². The van der Waals surface area contributed by atoms with Gasteiger partial charge in [-0.15, -0.1) is 0 Å². The van der Waals surface area contributed by atoms with Crippen molar-refractivity contribution < 1.29 is 22.7 Å². The van der Waals surface area contributed by atoms with E-state index in [2.05, 4.69) is 23.9 Å². The van der Waals surface area contributed by atoms with Crippen molar-refractivity contribution in [2.45, 2.75) is 89.4 Å². The first-order chi connectivity index (χ1) is 14.1. The van der Waals surface area contributed by atoms with Crippen molar-refractivity contribution in [3.05, 3.63) is 0 Å². The molecule has 2 N–H and O–H groups in total. The highest BCUT2D eigenvalue weighted by Crippen LogP contribution is 2.32. The lowest BCUT2D eigenvalue weighted by molar-refractivity contribution is -0.141. The van der Waals surface area contributed by atoms with Gasteiger partial charge in [0.15, 0.2) is 0 Å². The van der Waals surface area contributed by atoms with Crippen LogP contribution in [0.15, 0.2) is 0 Å². The van der Waals surface area contributed by atoms with Crippen LogP contribution in [0.2, 0.25) is 0 Å². The Labute approximate surface area is 180 Å². The predicted octanol–water partition coefficient (Wildman–Crippen LogP) is 1.41. The number of likely N-dealkylation sites (tertiary alicyclic amines) is 1. The Morgan fingerprint density at radius 2 is 1.90 bits per heavy atom. The zero-order chi connectivity index (χ0) is 21.9. The van der Waals surface area contributed by atoms with Gasteiger partial charge in [-0.25, -0.2) is 13.1 Å². The van der Waals surface area contributed by atoms with E-state index in [0.29, 0.717) is 38.3 Å². The van der Waals surface area contributed by atoms with E-state index >= 15 is 0 Å². The highest BCUT2D eigenvalue weighted by molar-refractivity contribution is 7.88.